The first-order valence-corrected chi connectivity index (χ1v) is 11.2. The molecule has 4 heterocycles. The molecule has 0 radical (unpaired) electrons. The van der Waals surface area contributed by atoms with Gasteiger partial charge < -0.3 is 9.64 Å². The van der Waals surface area contributed by atoms with Gasteiger partial charge in [-0.15, -0.1) is 11.8 Å². The number of carbonyl (C=O) groups is 1. The predicted octanol–water partition coefficient (Wildman–Crippen LogP) is 4.46. The van der Waals surface area contributed by atoms with Crippen molar-refractivity contribution >= 4 is 29.3 Å². The van der Waals surface area contributed by atoms with E-state index in [1.807, 2.05) is 4.90 Å². The lowest BCUT2D eigenvalue weighted by Crippen LogP contribution is -2.48. The Bertz CT molecular complexity index is 1100. The minimum atomic E-state index is -0.421. The Morgan fingerprint density at radius 2 is 2.03 bits per heavy atom. The molecule has 2 aromatic heterocycles. The summed E-state index contributed by atoms with van der Waals surface area (Å²) in [6.45, 7) is 0.284. The molecule has 158 valence electrons. The number of pyridine rings is 1. The zero-order valence-corrected chi connectivity index (χ0v) is 17.9. The Labute approximate surface area is 187 Å². The number of nitrogens with zero attached hydrogens (tertiary/aromatic N) is 4. The van der Waals surface area contributed by atoms with E-state index in [0.29, 0.717) is 33.1 Å². The van der Waals surface area contributed by atoms with Gasteiger partial charge in [-0.1, -0.05) is 11.6 Å². The van der Waals surface area contributed by atoms with E-state index < -0.39 is 5.82 Å². The zero-order chi connectivity index (χ0) is 21.4. The summed E-state index contributed by atoms with van der Waals surface area (Å²) in [5.74, 6) is 0.268. The third-order valence-corrected chi connectivity index (χ3v) is 6.98. The number of halogens is 2. The molecular formula is C22H18ClFN4O2S. The first-order chi connectivity index (χ1) is 15.1. The molecule has 0 N–H and O–H groups in total. The summed E-state index contributed by atoms with van der Waals surface area (Å²) >= 11 is 8.03. The number of likely N-dealkylation sites (tertiary alicyclic amines) is 1. The van der Waals surface area contributed by atoms with Gasteiger partial charge in [-0.25, -0.2) is 19.3 Å². The van der Waals surface area contributed by atoms with Crippen molar-refractivity contribution in [2.45, 2.75) is 29.5 Å². The van der Waals surface area contributed by atoms with Crippen molar-refractivity contribution in [2.24, 2.45) is 0 Å². The molecule has 2 fully saturated rings. The number of thioether (sulfide) groups is 1. The minimum absolute atomic E-state index is 0.111. The van der Waals surface area contributed by atoms with Gasteiger partial charge in [-0.2, -0.15) is 0 Å². The summed E-state index contributed by atoms with van der Waals surface area (Å²) in [7, 11) is 0. The van der Waals surface area contributed by atoms with Crippen LogP contribution in [0.2, 0.25) is 5.02 Å². The Balaban J connectivity index is 1.43. The van der Waals surface area contributed by atoms with Gasteiger partial charge in [-0.05, 0) is 43.2 Å². The number of rotatable bonds is 5. The number of ether oxygens (including phenoxy) is 1. The number of benzene rings is 1. The molecule has 3 atom stereocenters. The van der Waals surface area contributed by atoms with Crippen LogP contribution < -0.4 is 4.74 Å². The highest BCUT2D eigenvalue weighted by atomic mass is 35.5. The van der Waals surface area contributed by atoms with Crippen LogP contribution in [0.4, 0.5) is 4.39 Å². The molecule has 0 spiro atoms. The van der Waals surface area contributed by atoms with Gasteiger partial charge >= 0.3 is 0 Å². The van der Waals surface area contributed by atoms with Crippen molar-refractivity contribution in [1.29, 1.82) is 0 Å². The zero-order valence-electron chi connectivity index (χ0n) is 16.3. The van der Waals surface area contributed by atoms with E-state index in [9.17, 15) is 9.18 Å². The standard InChI is InChI=1S/C22H18ClFN4O2S/c23-13-2-5-16(20-25-8-1-9-26-20)17(10-13)21(29)28-15(4-6-18-22(28)31-18)12-30-19-7-3-14(24)11-27-19/h1-3,5,7-11,15,18,22H,4,6,12H2/t15?,18-,22-/m1/s1. The number of hydrogen-bond donors (Lipinski definition) is 0. The van der Waals surface area contributed by atoms with Crippen molar-refractivity contribution < 1.29 is 13.9 Å². The van der Waals surface area contributed by atoms with E-state index in [2.05, 4.69) is 15.0 Å². The summed E-state index contributed by atoms with van der Waals surface area (Å²) < 4.78 is 18.9. The van der Waals surface area contributed by atoms with Crippen LogP contribution in [0, 0.1) is 5.82 Å². The fourth-order valence-electron chi connectivity index (χ4n) is 3.83. The second-order valence-electron chi connectivity index (χ2n) is 7.40. The number of amides is 1. The van der Waals surface area contributed by atoms with Crippen LogP contribution in [0.15, 0.2) is 55.0 Å². The van der Waals surface area contributed by atoms with Gasteiger partial charge in [0.2, 0.25) is 5.88 Å². The lowest BCUT2D eigenvalue weighted by atomic mass is 9.99. The Hall–Kier alpha value is -2.71. The van der Waals surface area contributed by atoms with E-state index in [1.165, 1.54) is 12.1 Å². The summed E-state index contributed by atoms with van der Waals surface area (Å²) in [4.78, 5) is 28.2. The molecule has 9 heteroatoms. The quantitative estimate of drug-likeness (QED) is 0.528. The highest BCUT2D eigenvalue weighted by Crippen LogP contribution is 2.52. The molecule has 0 saturated carbocycles. The van der Waals surface area contributed by atoms with Crippen molar-refractivity contribution in [1.82, 2.24) is 19.9 Å². The average molecular weight is 457 g/mol. The fourth-order valence-corrected chi connectivity index (χ4v) is 5.21. The van der Waals surface area contributed by atoms with Crippen molar-refractivity contribution in [3.63, 3.8) is 0 Å². The smallest absolute Gasteiger partial charge is 0.255 e. The molecule has 1 unspecified atom stereocenters. The molecule has 2 aliphatic rings. The lowest BCUT2D eigenvalue weighted by Gasteiger charge is -2.34. The molecule has 6 nitrogen and oxygen atoms in total. The van der Waals surface area contributed by atoms with Gasteiger partial charge in [-0.3, -0.25) is 4.79 Å². The van der Waals surface area contributed by atoms with E-state index in [-0.39, 0.29) is 23.9 Å². The molecule has 2 aliphatic heterocycles. The molecule has 1 aromatic carbocycles. The third kappa shape index (κ3) is 4.22. The maximum atomic E-state index is 13.7. The maximum absolute atomic E-state index is 13.7. The van der Waals surface area contributed by atoms with Gasteiger partial charge in [0.25, 0.3) is 5.91 Å². The Kier molecular flexibility index (Phi) is 5.50. The van der Waals surface area contributed by atoms with Crippen LogP contribution in [0.1, 0.15) is 23.2 Å². The molecule has 0 bridgehead atoms. The van der Waals surface area contributed by atoms with Gasteiger partial charge in [0.15, 0.2) is 5.82 Å². The topological polar surface area (TPSA) is 68.2 Å². The van der Waals surface area contributed by atoms with Crippen molar-refractivity contribution in [2.75, 3.05) is 6.61 Å². The largest absolute Gasteiger partial charge is 0.475 e. The second kappa shape index (κ2) is 8.43. The predicted molar refractivity (Wildman–Crippen MR) is 117 cm³/mol. The first kappa shape index (κ1) is 20.2. The van der Waals surface area contributed by atoms with Crippen molar-refractivity contribution in [3.8, 4) is 17.3 Å². The van der Waals surface area contributed by atoms with Crippen LogP contribution in [0.25, 0.3) is 11.4 Å². The van der Waals surface area contributed by atoms with Crippen LogP contribution >= 0.6 is 23.4 Å². The van der Waals surface area contributed by atoms with Crippen LogP contribution in [-0.4, -0.2) is 49.0 Å². The van der Waals surface area contributed by atoms with Gasteiger partial charge in [0.05, 0.1) is 23.2 Å². The molecule has 0 aliphatic carbocycles. The first-order valence-electron chi connectivity index (χ1n) is 9.89. The number of carbonyl (C=O) groups excluding carboxylic acids is 1. The Morgan fingerprint density at radius 3 is 2.81 bits per heavy atom. The molecule has 1 amide bonds. The highest BCUT2D eigenvalue weighted by Gasteiger charge is 2.51. The maximum Gasteiger partial charge on any atom is 0.255 e. The fraction of sp³-hybridized carbons (Fsp3) is 0.273. The summed E-state index contributed by atoms with van der Waals surface area (Å²) in [5.41, 5.74) is 1.11. The van der Waals surface area contributed by atoms with Crippen LogP contribution in [-0.2, 0) is 0 Å². The van der Waals surface area contributed by atoms with Crippen molar-refractivity contribution in [3.05, 3.63) is 71.4 Å². The third-order valence-electron chi connectivity index (χ3n) is 5.38. The number of aromatic nitrogens is 3. The number of piperidine rings is 1. The highest BCUT2D eigenvalue weighted by molar-refractivity contribution is 8.07. The molecule has 5 rings (SSSR count). The summed E-state index contributed by atoms with van der Waals surface area (Å²) in [5, 5.41) is 1.03. The summed E-state index contributed by atoms with van der Waals surface area (Å²) in [6.07, 6.45) is 6.24. The second-order valence-corrected chi connectivity index (χ2v) is 9.19. The normalized spacial score (nSPS) is 22.0. The SMILES string of the molecule is O=C(c1cc(Cl)ccc1-c1ncccn1)N1C(COc2ccc(F)cn2)CC[C@H]2S[C@H]21. The molecular weight excluding hydrogens is 439 g/mol. The van der Waals surface area contributed by atoms with Crippen LogP contribution in [0.3, 0.4) is 0 Å². The molecule has 2 saturated heterocycles. The minimum Gasteiger partial charge on any atom is -0.475 e. The number of fused-ring (bicyclic) bond motifs is 1. The van der Waals surface area contributed by atoms with E-state index in [0.717, 1.165) is 19.0 Å². The molecule has 31 heavy (non-hydrogen) atoms. The van der Waals surface area contributed by atoms with E-state index >= 15 is 0 Å². The number of hydrogen-bond acceptors (Lipinski definition) is 6. The van der Waals surface area contributed by atoms with Gasteiger partial charge in [0, 0.05) is 34.3 Å². The van der Waals surface area contributed by atoms with Crippen LogP contribution in [0.5, 0.6) is 5.88 Å². The van der Waals surface area contributed by atoms with Gasteiger partial charge in [0.1, 0.15) is 12.4 Å². The monoisotopic (exact) mass is 456 g/mol. The van der Waals surface area contributed by atoms with E-state index in [4.69, 9.17) is 16.3 Å². The lowest BCUT2D eigenvalue weighted by molar-refractivity contribution is 0.0535. The molecule has 3 aromatic rings. The summed E-state index contributed by atoms with van der Waals surface area (Å²) in [6, 6.07) is 9.58. The van der Waals surface area contributed by atoms with E-state index in [1.54, 1.807) is 48.4 Å². The average Bonchev–Trinajstić information content (AvgIpc) is 3.58. The Morgan fingerprint density at radius 1 is 1.19 bits per heavy atom.